The van der Waals surface area contributed by atoms with Crippen LogP contribution in [0, 0.1) is 11.6 Å². The molecule has 2 rings (SSSR count). The Morgan fingerprint density at radius 1 is 1.16 bits per heavy atom. The molecule has 19 heavy (non-hydrogen) atoms. The highest BCUT2D eigenvalue weighted by atomic mass is 35.5. The van der Waals surface area contributed by atoms with Gasteiger partial charge in [-0.1, -0.05) is 17.7 Å². The standard InChI is InChI=1S/C13H10ClF2NOS/c14-9-2-4-13(12(17)5-9)19(18)7-8-1-3-10(15)6-11(8)16/h1-6H,7,17H2. The molecule has 0 radical (unpaired) electrons. The molecular formula is C13H10ClF2NOS. The lowest BCUT2D eigenvalue weighted by atomic mass is 10.2. The molecule has 0 aliphatic rings. The zero-order valence-electron chi connectivity index (χ0n) is 9.70. The zero-order valence-corrected chi connectivity index (χ0v) is 11.3. The van der Waals surface area contributed by atoms with Crippen molar-refractivity contribution < 1.29 is 13.0 Å². The molecule has 2 aromatic rings. The number of benzene rings is 2. The average molecular weight is 302 g/mol. The summed E-state index contributed by atoms with van der Waals surface area (Å²) in [4.78, 5) is 0.383. The second-order valence-corrected chi connectivity index (χ2v) is 5.76. The van der Waals surface area contributed by atoms with Gasteiger partial charge in [0, 0.05) is 22.3 Å². The van der Waals surface area contributed by atoms with E-state index in [1.54, 1.807) is 6.07 Å². The average Bonchev–Trinajstić information content (AvgIpc) is 2.32. The van der Waals surface area contributed by atoms with Crippen LogP contribution in [0.2, 0.25) is 5.02 Å². The van der Waals surface area contributed by atoms with E-state index >= 15 is 0 Å². The Labute approximate surface area is 116 Å². The van der Waals surface area contributed by atoms with Crippen LogP contribution < -0.4 is 5.73 Å². The van der Waals surface area contributed by atoms with Gasteiger partial charge in [0.25, 0.3) is 0 Å². The number of nitrogens with two attached hydrogens (primary N) is 1. The maximum atomic E-state index is 13.5. The van der Waals surface area contributed by atoms with E-state index in [2.05, 4.69) is 0 Å². The molecule has 0 aromatic heterocycles. The Balaban J connectivity index is 2.25. The number of anilines is 1. The maximum Gasteiger partial charge on any atom is 0.130 e. The fourth-order valence-corrected chi connectivity index (χ4v) is 2.98. The minimum absolute atomic E-state index is 0.0715. The number of hydrogen-bond donors (Lipinski definition) is 1. The number of nitrogen functional groups attached to an aromatic ring is 1. The van der Waals surface area contributed by atoms with Gasteiger partial charge in [0.05, 0.1) is 21.4 Å². The largest absolute Gasteiger partial charge is 0.398 e. The topological polar surface area (TPSA) is 43.1 Å². The van der Waals surface area contributed by atoms with E-state index in [4.69, 9.17) is 17.3 Å². The lowest BCUT2D eigenvalue weighted by molar-refractivity contribution is 0.576. The van der Waals surface area contributed by atoms with E-state index < -0.39 is 22.4 Å². The van der Waals surface area contributed by atoms with Gasteiger partial charge < -0.3 is 5.73 Å². The van der Waals surface area contributed by atoms with Crippen molar-refractivity contribution in [1.29, 1.82) is 0 Å². The van der Waals surface area contributed by atoms with Crippen molar-refractivity contribution in [2.75, 3.05) is 5.73 Å². The van der Waals surface area contributed by atoms with Crippen LogP contribution in [0.4, 0.5) is 14.5 Å². The van der Waals surface area contributed by atoms with Gasteiger partial charge in [-0.2, -0.15) is 0 Å². The predicted molar refractivity (Wildman–Crippen MR) is 72.3 cm³/mol. The summed E-state index contributed by atoms with van der Waals surface area (Å²) in [6, 6.07) is 7.74. The summed E-state index contributed by atoms with van der Waals surface area (Å²) >= 11 is 5.74. The van der Waals surface area contributed by atoms with Crippen LogP contribution in [0.1, 0.15) is 5.56 Å². The Morgan fingerprint density at radius 2 is 1.89 bits per heavy atom. The first-order chi connectivity index (χ1) is 8.97. The lowest BCUT2D eigenvalue weighted by Crippen LogP contribution is -2.02. The van der Waals surface area contributed by atoms with Crippen molar-refractivity contribution in [3.8, 4) is 0 Å². The first-order valence-corrected chi connectivity index (χ1v) is 7.04. The molecule has 0 aliphatic heterocycles. The zero-order chi connectivity index (χ0) is 14.0. The van der Waals surface area contributed by atoms with E-state index in [0.717, 1.165) is 12.1 Å². The van der Waals surface area contributed by atoms with E-state index in [1.807, 2.05) is 0 Å². The molecule has 0 saturated carbocycles. The van der Waals surface area contributed by atoms with Crippen molar-refractivity contribution >= 4 is 28.1 Å². The number of hydrogen-bond acceptors (Lipinski definition) is 2. The molecule has 1 atom stereocenters. The van der Waals surface area contributed by atoms with Crippen molar-refractivity contribution in [2.45, 2.75) is 10.6 Å². The molecule has 2 N–H and O–H groups in total. The Morgan fingerprint density at radius 3 is 2.53 bits per heavy atom. The van der Waals surface area contributed by atoms with Gasteiger partial charge >= 0.3 is 0 Å². The van der Waals surface area contributed by atoms with Crippen LogP contribution >= 0.6 is 11.6 Å². The molecule has 1 unspecified atom stereocenters. The SMILES string of the molecule is Nc1cc(Cl)ccc1S(=O)Cc1ccc(F)cc1F. The Kier molecular flexibility index (Phi) is 4.17. The minimum Gasteiger partial charge on any atom is -0.398 e. The van der Waals surface area contributed by atoms with E-state index in [1.165, 1.54) is 18.2 Å². The normalized spacial score (nSPS) is 12.4. The summed E-state index contributed by atoms with van der Waals surface area (Å²) in [6.07, 6.45) is 0. The summed E-state index contributed by atoms with van der Waals surface area (Å²) < 4.78 is 38.3. The third kappa shape index (κ3) is 3.30. The predicted octanol–water partition coefficient (Wildman–Crippen LogP) is 3.51. The number of rotatable bonds is 3. The molecule has 0 bridgehead atoms. The molecule has 0 spiro atoms. The van der Waals surface area contributed by atoms with Crippen molar-refractivity contribution in [1.82, 2.24) is 0 Å². The second-order valence-electron chi connectivity index (χ2n) is 3.91. The summed E-state index contributed by atoms with van der Waals surface area (Å²) in [6.45, 7) is 0. The van der Waals surface area contributed by atoms with Crippen LogP contribution in [-0.2, 0) is 16.6 Å². The van der Waals surface area contributed by atoms with E-state index in [-0.39, 0.29) is 17.0 Å². The highest BCUT2D eigenvalue weighted by Crippen LogP contribution is 2.23. The van der Waals surface area contributed by atoms with Crippen LogP contribution in [-0.4, -0.2) is 4.21 Å². The van der Waals surface area contributed by atoms with Gasteiger partial charge in [0.1, 0.15) is 11.6 Å². The van der Waals surface area contributed by atoms with Gasteiger partial charge in [0.15, 0.2) is 0 Å². The monoisotopic (exact) mass is 301 g/mol. The van der Waals surface area contributed by atoms with Gasteiger partial charge in [-0.05, 0) is 24.3 Å². The summed E-state index contributed by atoms with van der Waals surface area (Å²) in [5, 5.41) is 0.436. The van der Waals surface area contributed by atoms with Gasteiger partial charge in [-0.25, -0.2) is 8.78 Å². The van der Waals surface area contributed by atoms with Gasteiger partial charge in [-0.15, -0.1) is 0 Å². The van der Waals surface area contributed by atoms with Crippen LogP contribution in [0.5, 0.6) is 0 Å². The van der Waals surface area contributed by atoms with Crippen LogP contribution in [0.25, 0.3) is 0 Å². The second kappa shape index (κ2) is 5.67. The molecule has 0 saturated heterocycles. The molecule has 2 nitrogen and oxygen atoms in total. The van der Waals surface area contributed by atoms with Crippen LogP contribution in [0.3, 0.4) is 0 Å². The van der Waals surface area contributed by atoms with Crippen molar-refractivity contribution in [3.63, 3.8) is 0 Å². The lowest BCUT2D eigenvalue weighted by Gasteiger charge is -2.07. The molecule has 2 aromatic carbocycles. The van der Waals surface area contributed by atoms with Crippen molar-refractivity contribution in [2.24, 2.45) is 0 Å². The minimum atomic E-state index is -1.52. The third-order valence-electron chi connectivity index (χ3n) is 2.52. The number of halogens is 3. The molecule has 100 valence electrons. The summed E-state index contributed by atoms with van der Waals surface area (Å²) in [7, 11) is -1.52. The highest BCUT2D eigenvalue weighted by molar-refractivity contribution is 7.84. The Bertz CT molecular complexity index is 649. The fourth-order valence-electron chi connectivity index (χ4n) is 1.58. The van der Waals surface area contributed by atoms with Gasteiger partial charge in [-0.3, -0.25) is 4.21 Å². The maximum absolute atomic E-state index is 13.5. The first kappa shape index (κ1) is 14.0. The Hall–Kier alpha value is -1.46. The molecule has 0 aliphatic carbocycles. The first-order valence-electron chi connectivity index (χ1n) is 5.34. The molecule has 0 heterocycles. The summed E-state index contributed by atoms with van der Waals surface area (Å²) in [5.41, 5.74) is 6.17. The quantitative estimate of drug-likeness (QED) is 0.882. The van der Waals surface area contributed by atoms with Gasteiger partial charge in [0.2, 0.25) is 0 Å². The molecular weight excluding hydrogens is 292 g/mol. The van der Waals surface area contributed by atoms with Crippen molar-refractivity contribution in [3.05, 3.63) is 58.6 Å². The van der Waals surface area contributed by atoms with E-state index in [9.17, 15) is 13.0 Å². The fraction of sp³-hybridized carbons (Fsp3) is 0.0769. The smallest absolute Gasteiger partial charge is 0.130 e. The molecule has 0 fully saturated rings. The molecule has 6 heteroatoms. The van der Waals surface area contributed by atoms with Crippen LogP contribution in [0.15, 0.2) is 41.3 Å². The summed E-state index contributed by atoms with van der Waals surface area (Å²) in [5.74, 6) is -1.46. The molecule has 0 amide bonds. The third-order valence-corrected chi connectivity index (χ3v) is 4.19. The van der Waals surface area contributed by atoms with E-state index in [0.29, 0.717) is 9.92 Å². The highest BCUT2D eigenvalue weighted by Gasteiger charge is 2.12.